The molecule has 4 nitrogen and oxygen atoms in total. The van der Waals surface area contributed by atoms with Gasteiger partial charge in [0, 0.05) is 12.4 Å². The first-order valence-electron chi connectivity index (χ1n) is 7.08. The van der Waals surface area contributed by atoms with Crippen LogP contribution < -0.4 is 0 Å². The Bertz CT molecular complexity index is 672. The van der Waals surface area contributed by atoms with E-state index in [1.165, 1.54) is 5.56 Å². The molecule has 0 amide bonds. The van der Waals surface area contributed by atoms with Gasteiger partial charge in [-0.25, -0.2) is 0 Å². The van der Waals surface area contributed by atoms with E-state index in [1.54, 1.807) is 6.20 Å². The number of halogens is 1. The van der Waals surface area contributed by atoms with E-state index >= 15 is 0 Å². The quantitative estimate of drug-likeness (QED) is 0.721. The second-order valence-electron chi connectivity index (χ2n) is 5.16. The average Bonchev–Trinajstić information content (AvgIpc) is 2.95. The molecule has 0 radical (unpaired) electrons. The molecule has 3 rings (SSSR count). The zero-order valence-corrected chi connectivity index (χ0v) is 13.1. The van der Waals surface area contributed by atoms with E-state index in [0.29, 0.717) is 11.7 Å². The molecule has 0 spiro atoms. The topological polar surface area (TPSA) is 34.0 Å². The van der Waals surface area contributed by atoms with Crippen molar-refractivity contribution in [3.63, 3.8) is 0 Å². The molecule has 1 atom stereocenters. The Morgan fingerprint density at radius 3 is 2.55 bits per heavy atom. The van der Waals surface area contributed by atoms with Crippen molar-refractivity contribution in [1.82, 2.24) is 19.7 Å². The normalized spacial score (nSPS) is 12.5. The second-order valence-corrected chi connectivity index (χ2v) is 5.60. The van der Waals surface area contributed by atoms with Crippen LogP contribution in [0, 0.1) is 0 Å². The Kier molecular flexibility index (Phi) is 4.51. The van der Waals surface area contributed by atoms with Crippen molar-refractivity contribution in [2.45, 2.75) is 12.7 Å². The van der Waals surface area contributed by atoms with Crippen LogP contribution in [-0.4, -0.2) is 26.7 Å². The molecule has 0 saturated heterocycles. The molecule has 1 unspecified atom stereocenters. The summed E-state index contributed by atoms with van der Waals surface area (Å²) in [6.45, 7) is 0.628. The highest BCUT2D eigenvalue weighted by Crippen LogP contribution is 2.26. The summed E-state index contributed by atoms with van der Waals surface area (Å²) in [6.07, 6.45) is 5.29. The lowest BCUT2D eigenvalue weighted by molar-refractivity contribution is 0.207. The highest BCUT2D eigenvalue weighted by atomic mass is 35.5. The lowest BCUT2D eigenvalue weighted by Gasteiger charge is -2.28. The van der Waals surface area contributed by atoms with Gasteiger partial charge in [0.1, 0.15) is 0 Å². The van der Waals surface area contributed by atoms with Gasteiger partial charge in [0.15, 0.2) is 0 Å². The molecule has 2 heterocycles. The fraction of sp³-hybridized carbons (Fsp3) is 0.176. The van der Waals surface area contributed by atoms with E-state index in [9.17, 15) is 0 Å². The van der Waals surface area contributed by atoms with Crippen molar-refractivity contribution in [3.8, 4) is 0 Å². The van der Waals surface area contributed by atoms with Crippen LogP contribution in [0.2, 0.25) is 5.02 Å². The van der Waals surface area contributed by atoms with Crippen LogP contribution in [0.5, 0.6) is 0 Å². The number of hydrogen-bond acceptors (Lipinski definition) is 3. The van der Waals surface area contributed by atoms with E-state index in [2.05, 4.69) is 34.2 Å². The van der Waals surface area contributed by atoms with Crippen LogP contribution in [0.4, 0.5) is 0 Å². The third-order valence-corrected chi connectivity index (χ3v) is 3.69. The molecule has 5 heteroatoms. The zero-order valence-electron chi connectivity index (χ0n) is 12.3. The van der Waals surface area contributed by atoms with Crippen molar-refractivity contribution in [2.24, 2.45) is 0 Å². The maximum absolute atomic E-state index is 5.94. The van der Waals surface area contributed by atoms with Gasteiger partial charge in [-0.05, 0) is 24.7 Å². The molecule has 0 aliphatic heterocycles. The van der Waals surface area contributed by atoms with Crippen molar-refractivity contribution in [2.75, 3.05) is 7.05 Å². The van der Waals surface area contributed by atoms with Gasteiger partial charge in [-0.3, -0.25) is 14.6 Å². The van der Waals surface area contributed by atoms with E-state index in [1.807, 2.05) is 53.5 Å². The molecule has 2 aromatic heterocycles. The van der Waals surface area contributed by atoms with E-state index in [0.717, 1.165) is 5.69 Å². The predicted octanol–water partition coefficient (Wildman–Crippen LogP) is 3.61. The van der Waals surface area contributed by atoms with Gasteiger partial charge in [0.25, 0.3) is 0 Å². The lowest BCUT2D eigenvalue weighted by Crippen LogP contribution is -2.28. The molecule has 0 saturated carbocycles. The third-order valence-electron chi connectivity index (χ3n) is 3.49. The van der Waals surface area contributed by atoms with Gasteiger partial charge in [-0.2, -0.15) is 5.10 Å². The maximum atomic E-state index is 5.94. The number of nitrogens with zero attached hydrogens (tertiary/aromatic N) is 4. The largest absolute Gasteiger partial charge is 0.275 e. The average molecular weight is 313 g/mol. The molecule has 112 valence electrons. The number of rotatable bonds is 5. The summed E-state index contributed by atoms with van der Waals surface area (Å²) in [7, 11) is 2.06. The Balaban J connectivity index is 1.91. The van der Waals surface area contributed by atoms with Crippen LogP contribution in [0.25, 0.3) is 0 Å². The monoisotopic (exact) mass is 312 g/mol. The molecular weight excluding hydrogens is 296 g/mol. The van der Waals surface area contributed by atoms with Crippen molar-refractivity contribution >= 4 is 11.6 Å². The molecule has 22 heavy (non-hydrogen) atoms. The van der Waals surface area contributed by atoms with E-state index < -0.39 is 0 Å². The first-order valence-corrected chi connectivity index (χ1v) is 7.46. The number of hydrogen-bond donors (Lipinski definition) is 0. The van der Waals surface area contributed by atoms with E-state index in [4.69, 9.17) is 11.6 Å². The van der Waals surface area contributed by atoms with Crippen molar-refractivity contribution in [1.29, 1.82) is 0 Å². The van der Waals surface area contributed by atoms with Gasteiger partial charge in [0.2, 0.25) is 0 Å². The highest BCUT2D eigenvalue weighted by Gasteiger charge is 2.20. The molecular formula is C17H17ClN4. The molecule has 0 N–H and O–H groups in total. The minimum Gasteiger partial charge on any atom is -0.275 e. The van der Waals surface area contributed by atoms with Crippen LogP contribution in [0.15, 0.2) is 67.1 Å². The Morgan fingerprint density at radius 1 is 1.14 bits per heavy atom. The standard InChI is InChI=1S/C17H17ClN4/c1-21(13-22-12-15(18)11-20-22)17(14-7-3-2-4-8-14)16-9-5-6-10-19-16/h2-12,17H,13H2,1H3. The smallest absolute Gasteiger partial charge is 0.0935 e. The molecule has 0 aliphatic rings. The molecule has 0 aliphatic carbocycles. The molecule has 0 fully saturated rings. The summed E-state index contributed by atoms with van der Waals surface area (Å²) >= 11 is 5.94. The molecule has 1 aromatic carbocycles. The van der Waals surface area contributed by atoms with E-state index in [-0.39, 0.29) is 6.04 Å². The van der Waals surface area contributed by atoms with Crippen LogP contribution >= 0.6 is 11.6 Å². The van der Waals surface area contributed by atoms with Gasteiger partial charge < -0.3 is 0 Å². The number of aromatic nitrogens is 3. The maximum Gasteiger partial charge on any atom is 0.0935 e. The van der Waals surface area contributed by atoms with Gasteiger partial charge in [-0.15, -0.1) is 0 Å². The fourth-order valence-electron chi connectivity index (χ4n) is 2.55. The molecule has 0 bridgehead atoms. The molecule has 3 aromatic rings. The highest BCUT2D eigenvalue weighted by molar-refractivity contribution is 6.30. The Morgan fingerprint density at radius 2 is 1.91 bits per heavy atom. The van der Waals surface area contributed by atoms with Crippen molar-refractivity contribution in [3.05, 3.63) is 83.4 Å². The van der Waals surface area contributed by atoms with Gasteiger partial charge in [0.05, 0.1) is 29.6 Å². The lowest BCUT2D eigenvalue weighted by atomic mass is 10.0. The number of benzene rings is 1. The summed E-state index contributed by atoms with van der Waals surface area (Å²) in [5.74, 6) is 0. The van der Waals surface area contributed by atoms with Gasteiger partial charge in [-0.1, -0.05) is 48.0 Å². The summed E-state index contributed by atoms with van der Waals surface area (Å²) in [5.41, 5.74) is 2.21. The summed E-state index contributed by atoms with van der Waals surface area (Å²) in [6, 6.07) is 16.4. The van der Waals surface area contributed by atoms with Gasteiger partial charge >= 0.3 is 0 Å². The predicted molar refractivity (Wildman–Crippen MR) is 87.5 cm³/mol. The Labute approximate surface area is 135 Å². The van der Waals surface area contributed by atoms with Crippen LogP contribution in [0.1, 0.15) is 17.3 Å². The summed E-state index contributed by atoms with van der Waals surface area (Å²) in [4.78, 5) is 6.72. The van der Waals surface area contributed by atoms with Crippen LogP contribution in [0.3, 0.4) is 0 Å². The number of pyridine rings is 1. The van der Waals surface area contributed by atoms with Crippen LogP contribution in [-0.2, 0) is 6.67 Å². The first-order chi connectivity index (χ1) is 10.7. The zero-order chi connectivity index (χ0) is 15.4. The minimum atomic E-state index is 0.0605. The summed E-state index contributed by atoms with van der Waals surface area (Å²) in [5, 5.41) is 4.89. The summed E-state index contributed by atoms with van der Waals surface area (Å²) < 4.78 is 1.82. The second kappa shape index (κ2) is 6.73. The minimum absolute atomic E-state index is 0.0605. The SMILES string of the molecule is CN(Cn1cc(Cl)cn1)C(c1ccccc1)c1ccccn1. The Hall–Kier alpha value is -2.17. The van der Waals surface area contributed by atoms with Crippen molar-refractivity contribution < 1.29 is 0 Å². The first kappa shape index (κ1) is 14.8. The fourth-order valence-corrected chi connectivity index (χ4v) is 2.71. The third kappa shape index (κ3) is 3.35.